The normalized spacial score (nSPS) is 21.4. The molecule has 9 heteroatoms. The van der Waals surface area contributed by atoms with Crippen molar-refractivity contribution in [2.24, 2.45) is 0 Å². The van der Waals surface area contributed by atoms with E-state index in [4.69, 9.17) is 4.74 Å². The summed E-state index contributed by atoms with van der Waals surface area (Å²) in [6, 6.07) is 8.69. The zero-order valence-electron chi connectivity index (χ0n) is 19.6. The number of amides is 3. The Kier molecular flexibility index (Phi) is 5.52. The largest absolute Gasteiger partial charge is 0.508 e. The van der Waals surface area contributed by atoms with Gasteiger partial charge in [-0.3, -0.25) is 14.6 Å². The summed E-state index contributed by atoms with van der Waals surface area (Å²) in [4.78, 5) is 33.5. The molecule has 2 aromatic carbocycles. The molecule has 1 saturated heterocycles. The van der Waals surface area contributed by atoms with Crippen LogP contribution in [0.3, 0.4) is 0 Å². The molecule has 3 amide bonds. The third-order valence-electron chi connectivity index (χ3n) is 6.94. The number of phenolic OH excluding ortho intramolecular Hbond substituents is 1. The molecule has 5 rings (SSSR count). The molecule has 2 aliphatic heterocycles. The molecule has 3 aromatic rings. The van der Waals surface area contributed by atoms with Gasteiger partial charge in [0.15, 0.2) is 11.6 Å². The molecule has 0 aliphatic carbocycles. The summed E-state index contributed by atoms with van der Waals surface area (Å²) < 4.78 is 20.7. The fraction of sp³-hybridized carbons (Fsp3) is 0.308. The lowest BCUT2D eigenvalue weighted by Gasteiger charge is -2.42. The van der Waals surface area contributed by atoms with E-state index in [0.717, 1.165) is 0 Å². The molecule has 35 heavy (non-hydrogen) atoms. The van der Waals surface area contributed by atoms with Gasteiger partial charge in [0, 0.05) is 42.7 Å². The number of urea groups is 1. The lowest BCUT2D eigenvalue weighted by Crippen LogP contribution is -2.53. The number of methoxy groups -OCH3 is 1. The summed E-state index contributed by atoms with van der Waals surface area (Å²) in [6.45, 7) is 6.56. The molecule has 1 aromatic heterocycles. The van der Waals surface area contributed by atoms with E-state index in [0.29, 0.717) is 40.8 Å². The van der Waals surface area contributed by atoms with Crippen LogP contribution in [0.1, 0.15) is 29.8 Å². The van der Waals surface area contributed by atoms with E-state index in [1.54, 1.807) is 48.2 Å². The number of hydrogen-bond acceptors (Lipinski definition) is 5. The van der Waals surface area contributed by atoms with Gasteiger partial charge in [0.2, 0.25) is 0 Å². The minimum absolute atomic E-state index is 0.0312. The third kappa shape index (κ3) is 3.37. The Morgan fingerprint density at radius 2 is 2.14 bits per heavy atom. The second-order valence-electron chi connectivity index (χ2n) is 9.07. The molecule has 2 atom stereocenters. The fourth-order valence-corrected chi connectivity index (χ4v) is 5.34. The molecule has 3 N–H and O–H groups in total. The average Bonchev–Trinajstić information content (AvgIpc) is 3.29. The van der Waals surface area contributed by atoms with Gasteiger partial charge in [0.05, 0.1) is 7.11 Å². The van der Waals surface area contributed by atoms with Crippen LogP contribution < -0.4 is 10.1 Å². The van der Waals surface area contributed by atoms with Crippen molar-refractivity contribution in [3.8, 4) is 11.5 Å². The first-order chi connectivity index (χ1) is 16.8. The van der Waals surface area contributed by atoms with Gasteiger partial charge in [-0.25, -0.2) is 9.18 Å². The highest BCUT2D eigenvalue weighted by Gasteiger charge is 2.60. The molecule has 0 spiro atoms. The number of carbonyl (C=O) groups excluding carboxylic acids is 2. The number of phenols is 1. The van der Waals surface area contributed by atoms with Crippen molar-refractivity contribution in [2.45, 2.75) is 24.9 Å². The zero-order chi connectivity index (χ0) is 24.9. The number of nitrogens with one attached hydrogen (secondary N) is 2. The standard InChI is InChI=1S/C26H27FN4O4/c1-4-10-28-11-12-30-24(33)26(2)14-17-20-18(8-9-19(35-3)21(20)27)29-22(17)23(31(26)25(30)34)15-6-5-7-16(32)13-15/h4-9,13,23,28-29,32H,1,10-12,14H2,2-3H3/t23-,26+/m1/s1. The molecular formula is C26H27FN4O4. The number of aromatic amines is 1. The van der Waals surface area contributed by atoms with E-state index in [1.165, 1.54) is 18.1 Å². The van der Waals surface area contributed by atoms with Gasteiger partial charge in [0.25, 0.3) is 5.91 Å². The summed E-state index contributed by atoms with van der Waals surface area (Å²) in [5.74, 6) is -0.721. The predicted molar refractivity (Wildman–Crippen MR) is 129 cm³/mol. The van der Waals surface area contributed by atoms with Crippen LogP contribution in [-0.4, -0.2) is 64.1 Å². The Morgan fingerprint density at radius 3 is 2.86 bits per heavy atom. The molecule has 0 saturated carbocycles. The predicted octanol–water partition coefficient (Wildman–Crippen LogP) is 3.47. The van der Waals surface area contributed by atoms with Gasteiger partial charge < -0.3 is 20.1 Å². The summed E-state index contributed by atoms with van der Waals surface area (Å²) in [5.41, 5.74) is 1.17. The van der Waals surface area contributed by atoms with Crippen molar-refractivity contribution in [3.63, 3.8) is 0 Å². The van der Waals surface area contributed by atoms with Gasteiger partial charge in [0.1, 0.15) is 17.3 Å². The summed E-state index contributed by atoms with van der Waals surface area (Å²) >= 11 is 0. The molecule has 3 heterocycles. The maximum atomic E-state index is 15.5. The number of aromatic nitrogens is 1. The first-order valence-electron chi connectivity index (χ1n) is 11.4. The van der Waals surface area contributed by atoms with Crippen LogP contribution >= 0.6 is 0 Å². The van der Waals surface area contributed by atoms with Crippen LogP contribution in [0.15, 0.2) is 49.1 Å². The first-order valence-corrected chi connectivity index (χ1v) is 11.4. The minimum Gasteiger partial charge on any atom is -0.508 e. The molecule has 182 valence electrons. The molecule has 0 radical (unpaired) electrons. The number of rotatable bonds is 7. The van der Waals surface area contributed by atoms with Gasteiger partial charge in [-0.2, -0.15) is 0 Å². The van der Waals surface area contributed by atoms with Gasteiger partial charge in [-0.15, -0.1) is 6.58 Å². The van der Waals surface area contributed by atoms with E-state index in [1.807, 2.05) is 0 Å². The van der Waals surface area contributed by atoms with Crippen LogP contribution in [0, 0.1) is 5.82 Å². The average molecular weight is 479 g/mol. The number of benzene rings is 2. The van der Waals surface area contributed by atoms with Gasteiger partial charge >= 0.3 is 6.03 Å². The number of nitrogens with zero attached hydrogens (tertiary/aromatic N) is 2. The van der Waals surface area contributed by atoms with Crippen LogP contribution in [0.25, 0.3) is 10.9 Å². The second kappa shape index (κ2) is 8.42. The van der Waals surface area contributed by atoms with Crippen molar-refractivity contribution in [1.82, 2.24) is 20.1 Å². The van der Waals surface area contributed by atoms with Crippen molar-refractivity contribution >= 4 is 22.8 Å². The number of aromatic hydroxyl groups is 1. The molecular weight excluding hydrogens is 451 g/mol. The molecule has 8 nitrogen and oxygen atoms in total. The second-order valence-corrected chi connectivity index (χ2v) is 9.07. The Labute approximate surface area is 202 Å². The SMILES string of the molecule is C=CCNCCN1C(=O)N2[C@H](c3cccc(O)c3)c3[nH]c4ccc(OC)c(F)c4c3C[C@@]2(C)C1=O. The van der Waals surface area contributed by atoms with Crippen molar-refractivity contribution < 1.29 is 23.8 Å². The van der Waals surface area contributed by atoms with E-state index >= 15 is 4.39 Å². The van der Waals surface area contributed by atoms with Crippen LogP contribution in [0.5, 0.6) is 11.5 Å². The lowest BCUT2D eigenvalue weighted by atomic mass is 9.81. The topological polar surface area (TPSA) is 97.9 Å². The quantitative estimate of drug-likeness (QED) is 0.275. The van der Waals surface area contributed by atoms with E-state index in [2.05, 4.69) is 16.9 Å². The number of H-pyrrole nitrogens is 1. The van der Waals surface area contributed by atoms with E-state index in [-0.39, 0.29) is 30.4 Å². The highest BCUT2D eigenvalue weighted by Crippen LogP contribution is 2.49. The summed E-state index contributed by atoms with van der Waals surface area (Å²) in [6.07, 6.45) is 1.85. The molecule has 0 bridgehead atoms. The van der Waals surface area contributed by atoms with Crippen molar-refractivity contribution in [1.29, 1.82) is 0 Å². The van der Waals surface area contributed by atoms with Crippen LogP contribution in [-0.2, 0) is 11.2 Å². The monoisotopic (exact) mass is 478 g/mol. The maximum absolute atomic E-state index is 15.5. The molecule has 2 aliphatic rings. The lowest BCUT2D eigenvalue weighted by molar-refractivity contribution is -0.133. The Morgan fingerprint density at radius 1 is 1.34 bits per heavy atom. The zero-order valence-corrected chi connectivity index (χ0v) is 19.6. The number of carbonyl (C=O) groups is 2. The molecule has 1 fully saturated rings. The number of imide groups is 1. The van der Waals surface area contributed by atoms with Crippen molar-refractivity contribution in [3.05, 3.63) is 71.7 Å². The van der Waals surface area contributed by atoms with Gasteiger partial charge in [-0.1, -0.05) is 18.2 Å². The minimum atomic E-state index is -1.23. The number of hydrogen-bond donors (Lipinski definition) is 3. The maximum Gasteiger partial charge on any atom is 0.328 e. The third-order valence-corrected chi connectivity index (χ3v) is 6.94. The number of ether oxygens (including phenoxy) is 1. The van der Waals surface area contributed by atoms with Crippen LogP contribution in [0.2, 0.25) is 0 Å². The number of fused-ring (bicyclic) bond motifs is 4. The summed E-state index contributed by atoms with van der Waals surface area (Å²) in [7, 11) is 1.40. The van der Waals surface area contributed by atoms with Gasteiger partial charge in [-0.05, 0) is 42.3 Å². The van der Waals surface area contributed by atoms with E-state index in [9.17, 15) is 14.7 Å². The van der Waals surface area contributed by atoms with Crippen LogP contribution in [0.4, 0.5) is 9.18 Å². The Hall–Kier alpha value is -3.85. The number of halogens is 1. The summed E-state index contributed by atoms with van der Waals surface area (Å²) in [5, 5.41) is 13.7. The Balaban J connectivity index is 1.69. The fourth-order valence-electron chi connectivity index (χ4n) is 5.34. The molecule has 0 unspecified atom stereocenters. The smallest absolute Gasteiger partial charge is 0.328 e. The Bertz CT molecular complexity index is 1350. The highest BCUT2D eigenvalue weighted by molar-refractivity contribution is 6.08. The highest BCUT2D eigenvalue weighted by atomic mass is 19.1. The first kappa shape index (κ1) is 22.9. The van der Waals surface area contributed by atoms with Crippen molar-refractivity contribution in [2.75, 3.05) is 26.7 Å². The van der Waals surface area contributed by atoms with E-state index < -0.39 is 23.4 Å².